The van der Waals surface area contributed by atoms with E-state index in [1.165, 1.54) is 12.3 Å². The maximum atomic E-state index is 13.8. The van der Waals surface area contributed by atoms with Gasteiger partial charge in [-0.1, -0.05) is 18.2 Å². The Morgan fingerprint density at radius 3 is 2.86 bits per heavy atom. The van der Waals surface area contributed by atoms with Crippen LogP contribution in [0.3, 0.4) is 0 Å². The van der Waals surface area contributed by atoms with Gasteiger partial charge in [-0.2, -0.15) is 0 Å². The molecule has 0 unspecified atom stereocenters. The lowest BCUT2D eigenvalue weighted by Crippen LogP contribution is -2.45. The van der Waals surface area contributed by atoms with E-state index in [0.29, 0.717) is 30.6 Å². The van der Waals surface area contributed by atoms with Crippen molar-refractivity contribution in [3.05, 3.63) is 65.7 Å². The third kappa shape index (κ3) is 5.13. The van der Waals surface area contributed by atoms with Crippen LogP contribution < -0.4 is 11.1 Å². The highest BCUT2D eigenvalue weighted by molar-refractivity contribution is 5.93. The summed E-state index contributed by atoms with van der Waals surface area (Å²) in [6.07, 6.45) is 5.31. The molecule has 28 heavy (non-hydrogen) atoms. The van der Waals surface area contributed by atoms with Crippen LogP contribution in [-0.4, -0.2) is 46.9 Å². The number of halogens is 1. The molecule has 7 heteroatoms. The fourth-order valence-corrected chi connectivity index (χ4v) is 3.55. The Labute approximate surface area is 163 Å². The summed E-state index contributed by atoms with van der Waals surface area (Å²) in [7, 11) is 0. The zero-order valence-electron chi connectivity index (χ0n) is 15.7. The summed E-state index contributed by atoms with van der Waals surface area (Å²) in [5, 5.41) is 2.87. The van der Waals surface area contributed by atoms with E-state index in [1.54, 1.807) is 41.4 Å². The molecule has 1 aliphatic rings. The summed E-state index contributed by atoms with van der Waals surface area (Å²) in [4.78, 5) is 30.6. The van der Waals surface area contributed by atoms with Crippen molar-refractivity contribution in [3.8, 4) is 0 Å². The second kappa shape index (κ2) is 9.41. The van der Waals surface area contributed by atoms with E-state index in [2.05, 4.69) is 10.3 Å². The van der Waals surface area contributed by atoms with Crippen LogP contribution in [0.25, 0.3) is 0 Å². The molecule has 3 rings (SSSR count). The molecule has 3 N–H and O–H groups in total. The second-order valence-corrected chi connectivity index (χ2v) is 7.09. The SMILES string of the molecule is N[C@@H](CC(=O)N1CCC[C@H]1CNC(=O)c1cccnc1)Cc1ccccc1F. The Kier molecular flexibility index (Phi) is 6.71. The standard InChI is InChI=1S/C21H25FN4O2/c22-19-8-2-1-5-15(19)11-17(23)12-20(27)26-10-4-7-18(26)14-25-21(28)16-6-3-9-24-13-16/h1-3,5-6,8-9,13,17-18H,4,7,10-12,14,23H2,(H,25,28)/t17-,18+/m1/s1. The summed E-state index contributed by atoms with van der Waals surface area (Å²) >= 11 is 0. The Bertz CT molecular complexity index is 815. The van der Waals surface area contributed by atoms with Gasteiger partial charge in [-0.15, -0.1) is 0 Å². The summed E-state index contributed by atoms with van der Waals surface area (Å²) in [6, 6.07) is 9.37. The summed E-state index contributed by atoms with van der Waals surface area (Å²) < 4.78 is 13.8. The van der Waals surface area contributed by atoms with Gasteiger partial charge in [0.2, 0.25) is 5.91 Å². The van der Waals surface area contributed by atoms with Crippen LogP contribution in [0.1, 0.15) is 35.2 Å². The third-order valence-corrected chi connectivity index (χ3v) is 5.00. The van der Waals surface area contributed by atoms with Crippen LogP contribution in [0.2, 0.25) is 0 Å². The molecule has 2 heterocycles. The molecule has 0 radical (unpaired) electrons. The molecule has 0 aliphatic carbocycles. The first kappa shape index (κ1) is 19.9. The lowest BCUT2D eigenvalue weighted by molar-refractivity contribution is -0.132. The predicted molar refractivity (Wildman–Crippen MR) is 104 cm³/mol. The van der Waals surface area contributed by atoms with Gasteiger partial charge in [-0.3, -0.25) is 14.6 Å². The molecule has 148 valence electrons. The van der Waals surface area contributed by atoms with E-state index < -0.39 is 6.04 Å². The van der Waals surface area contributed by atoms with E-state index in [9.17, 15) is 14.0 Å². The van der Waals surface area contributed by atoms with Crippen LogP contribution in [0.5, 0.6) is 0 Å². The van der Waals surface area contributed by atoms with Gasteiger partial charge < -0.3 is 16.0 Å². The lowest BCUT2D eigenvalue weighted by atomic mass is 10.0. The molecule has 0 bridgehead atoms. The number of likely N-dealkylation sites (tertiary alicyclic amines) is 1. The van der Waals surface area contributed by atoms with Gasteiger partial charge >= 0.3 is 0 Å². The molecule has 1 saturated heterocycles. The molecule has 2 aromatic rings. The van der Waals surface area contributed by atoms with Crippen molar-refractivity contribution < 1.29 is 14.0 Å². The van der Waals surface area contributed by atoms with Crippen molar-refractivity contribution in [1.29, 1.82) is 0 Å². The zero-order valence-corrected chi connectivity index (χ0v) is 15.7. The van der Waals surface area contributed by atoms with E-state index in [0.717, 1.165) is 12.8 Å². The van der Waals surface area contributed by atoms with Crippen molar-refractivity contribution in [2.75, 3.05) is 13.1 Å². The fraction of sp³-hybridized carbons (Fsp3) is 0.381. The molecule has 2 atom stereocenters. The van der Waals surface area contributed by atoms with E-state index >= 15 is 0 Å². The summed E-state index contributed by atoms with van der Waals surface area (Å²) in [5.74, 6) is -0.562. The number of nitrogens with zero attached hydrogens (tertiary/aromatic N) is 2. The van der Waals surface area contributed by atoms with Gasteiger partial charge in [0, 0.05) is 44.0 Å². The van der Waals surface area contributed by atoms with Gasteiger partial charge in [-0.25, -0.2) is 4.39 Å². The summed E-state index contributed by atoms with van der Waals surface area (Å²) in [6.45, 7) is 1.04. The van der Waals surface area contributed by atoms with Crippen molar-refractivity contribution in [2.24, 2.45) is 5.73 Å². The Hall–Kier alpha value is -2.80. The highest BCUT2D eigenvalue weighted by Crippen LogP contribution is 2.19. The number of benzene rings is 1. The second-order valence-electron chi connectivity index (χ2n) is 7.09. The number of nitrogens with one attached hydrogen (secondary N) is 1. The lowest BCUT2D eigenvalue weighted by Gasteiger charge is -2.26. The number of amides is 2. The monoisotopic (exact) mass is 384 g/mol. The smallest absolute Gasteiger partial charge is 0.252 e. The number of hydrogen-bond donors (Lipinski definition) is 2. The average molecular weight is 384 g/mol. The normalized spacial score (nSPS) is 17.4. The van der Waals surface area contributed by atoms with Gasteiger partial charge in [0.25, 0.3) is 5.91 Å². The van der Waals surface area contributed by atoms with Crippen LogP contribution in [-0.2, 0) is 11.2 Å². The number of aromatic nitrogens is 1. The van der Waals surface area contributed by atoms with Gasteiger partial charge in [-0.05, 0) is 43.0 Å². The number of carbonyl (C=O) groups is 2. The van der Waals surface area contributed by atoms with Crippen LogP contribution >= 0.6 is 0 Å². The minimum absolute atomic E-state index is 0.0474. The van der Waals surface area contributed by atoms with E-state index in [4.69, 9.17) is 5.73 Å². The molecule has 1 aromatic carbocycles. The molecular weight excluding hydrogens is 359 g/mol. The largest absolute Gasteiger partial charge is 0.350 e. The van der Waals surface area contributed by atoms with Crippen molar-refractivity contribution in [2.45, 2.75) is 37.8 Å². The molecule has 1 fully saturated rings. The first-order chi connectivity index (χ1) is 13.5. The number of rotatable bonds is 7. The first-order valence-corrected chi connectivity index (χ1v) is 9.51. The van der Waals surface area contributed by atoms with Crippen LogP contribution in [0, 0.1) is 5.82 Å². The molecule has 0 saturated carbocycles. The number of carbonyl (C=O) groups excluding carboxylic acids is 2. The molecule has 0 spiro atoms. The third-order valence-electron chi connectivity index (χ3n) is 5.00. The molecule has 1 aromatic heterocycles. The Balaban J connectivity index is 1.51. The van der Waals surface area contributed by atoms with Gasteiger partial charge in [0.1, 0.15) is 5.82 Å². The summed E-state index contributed by atoms with van der Waals surface area (Å²) in [5.41, 5.74) is 7.10. The zero-order chi connectivity index (χ0) is 19.9. The minimum atomic E-state index is -0.448. The van der Waals surface area contributed by atoms with Crippen LogP contribution in [0.15, 0.2) is 48.8 Å². The maximum absolute atomic E-state index is 13.8. The van der Waals surface area contributed by atoms with Gasteiger partial charge in [0.05, 0.1) is 5.56 Å². The average Bonchev–Trinajstić information content (AvgIpc) is 3.17. The van der Waals surface area contributed by atoms with E-state index in [1.807, 2.05) is 0 Å². The topological polar surface area (TPSA) is 88.3 Å². The minimum Gasteiger partial charge on any atom is -0.350 e. The highest BCUT2D eigenvalue weighted by atomic mass is 19.1. The molecule has 1 aliphatic heterocycles. The Morgan fingerprint density at radius 2 is 2.11 bits per heavy atom. The molecule has 2 amide bonds. The molecular formula is C21H25FN4O2. The quantitative estimate of drug-likeness (QED) is 0.763. The Morgan fingerprint density at radius 1 is 1.29 bits per heavy atom. The van der Waals surface area contributed by atoms with Crippen LogP contribution in [0.4, 0.5) is 4.39 Å². The predicted octanol–water partition coefficient (Wildman–Crippen LogP) is 1.90. The number of pyridine rings is 1. The molecule has 6 nitrogen and oxygen atoms in total. The first-order valence-electron chi connectivity index (χ1n) is 9.51. The van der Waals surface area contributed by atoms with Crippen molar-refractivity contribution in [1.82, 2.24) is 15.2 Å². The number of hydrogen-bond acceptors (Lipinski definition) is 4. The maximum Gasteiger partial charge on any atom is 0.252 e. The van der Waals surface area contributed by atoms with Gasteiger partial charge in [0.15, 0.2) is 0 Å². The van der Waals surface area contributed by atoms with E-state index in [-0.39, 0.29) is 30.1 Å². The highest BCUT2D eigenvalue weighted by Gasteiger charge is 2.29. The number of nitrogens with two attached hydrogens (primary N) is 1. The van der Waals surface area contributed by atoms with Crippen molar-refractivity contribution in [3.63, 3.8) is 0 Å². The van der Waals surface area contributed by atoms with Crippen molar-refractivity contribution >= 4 is 11.8 Å². The fourth-order valence-electron chi connectivity index (χ4n) is 3.55.